The average Bonchev–Trinajstić information content (AvgIpc) is 2.46. The van der Waals surface area contributed by atoms with Crippen LogP contribution in [0.1, 0.15) is 57.4 Å². The Bertz CT molecular complexity index is 409. The molecule has 1 aromatic rings. The van der Waals surface area contributed by atoms with Crippen molar-refractivity contribution in [3.05, 3.63) is 47.5 Å². The van der Waals surface area contributed by atoms with Gasteiger partial charge in [0.25, 0.3) is 0 Å². The van der Waals surface area contributed by atoms with Crippen LogP contribution in [0.25, 0.3) is 0 Å². The van der Waals surface area contributed by atoms with Gasteiger partial charge in [-0.15, -0.1) is 0 Å². The molecule has 0 saturated heterocycles. The number of primary amides is 1. The van der Waals surface area contributed by atoms with E-state index in [9.17, 15) is 4.79 Å². The molecule has 2 heteroatoms. The van der Waals surface area contributed by atoms with E-state index in [4.69, 9.17) is 5.73 Å². The Labute approximate surface area is 123 Å². The van der Waals surface area contributed by atoms with Crippen molar-refractivity contribution < 1.29 is 4.79 Å². The van der Waals surface area contributed by atoms with Gasteiger partial charge in [-0.2, -0.15) is 0 Å². The van der Waals surface area contributed by atoms with Crippen LogP contribution >= 0.6 is 0 Å². The van der Waals surface area contributed by atoms with Gasteiger partial charge in [-0.1, -0.05) is 56.2 Å². The van der Waals surface area contributed by atoms with Gasteiger partial charge in [0, 0.05) is 5.57 Å². The number of unbranched alkanes of at least 4 members (excludes halogenated alkanes) is 4. The molecule has 0 fully saturated rings. The third kappa shape index (κ3) is 7.13. The maximum atomic E-state index is 11.3. The second kappa shape index (κ2) is 10.2. The maximum absolute atomic E-state index is 11.3. The Morgan fingerprint density at radius 1 is 1.10 bits per heavy atom. The zero-order valence-electron chi connectivity index (χ0n) is 12.6. The van der Waals surface area contributed by atoms with Crippen molar-refractivity contribution in [2.75, 3.05) is 0 Å². The van der Waals surface area contributed by atoms with E-state index in [2.05, 4.69) is 37.3 Å². The number of allylic oxidation sites excluding steroid dienone is 1. The van der Waals surface area contributed by atoms with E-state index in [0.29, 0.717) is 0 Å². The first-order chi connectivity index (χ1) is 9.74. The monoisotopic (exact) mass is 273 g/mol. The van der Waals surface area contributed by atoms with E-state index in [-0.39, 0.29) is 5.91 Å². The molecule has 20 heavy (non-hydrogen) atoms. The number of benzene rings is 1. The molecule has 0 bridgehead atoms. The fourth-order valence-electron chi connectivity index (χ4n) is 2.26. The summed E-state index contributed by atoms with van der Waals surface area (Å²) < 4.78 is 0. The van der Waals surface area contributed by atoms with Gasteiger partial charge in [-0.3, -0.25) is 4.79 Å². The van der Waals surface area contributed by atoms with Gasteiger partial charge in [-0.05, 0) is 44.1 Å². The summed E-state index contributed by atoms with van der Waals surface area (Å²) in [4.78, 5) is 11.3. The van der Waals surface area contributed by atoms with E-state index >= 15 is 0 Å². The van der Waals surface area contributed by atoms with Gasteiger partial charge < -0.3 is 5.73 Å². The lowest BCUT2D eigenvalue weighted by atomic mass is 10.0. The summed E-state index contributed by atoms with van der Waals surface area (Å²) in [5, 5.41) is 0. The van der Waals surface area contributed by atoms with Crippen LogP contribution in [0.4, 0.5) is 0 Å². The first kappa shape index (κ1) is 16.5. The number of aryl methyl sites for hydroxylation is 1. The minimum absolute atomic E-state index is 0.247. The highest BCUT2D eigenvalue weighted by Crippen LogP contribution is 2.11. The highest BCUT2D eigenvalue weighted by Gasteiger charge is 2.03. The number of amides is 1. The molecule has 110 valence electrons. The van der Waals surface area contributed by atoms with E-state index in [0.717, 1.165) is 44.1 Å². The van der Waals surface area contributed by atoms with Gasteiger partial charge >= 0.3 is 0 Å². The predicted octanol–water partition coefficient (Wildman–Crippen LogP) is 4.39. The minimum atomic E-state index is -0.247. The lowest BCUT2D eigenvalue weighted by Gasteiger charge is -2.03. The molecular weight excluding hydrogens is 246 g/mol. The third-order valence-corrected chi connectivity index (χ3v) is 3.52. The number of hydrogen-bond donors (Lipinski definition) is 1. The zero-order valence-corrected chi connectivity index (χ0v) is 12.6. The van der Waals surface area contributed by atoms with Gasteiger partial charge in [0.2, 0.25) is 5.91 Å². The average molecular weight is 273 g/mol. The smallest absolute Gasteiger partial charge is 0.244 e. The molecular formula is C18H27NO. The quantitative estimate of drug-likeness (QED) is 0.498. The Kier molecular flexibility index (Phi) is 8.44. The summed E-state index contributed by atoms with van der Waals surface area (Å²) in [6.45, 7) is 2.13. The van der Waals surface area contributed by atoms with Crippen LogP contribution in [0.2, 0.25) is 0 Å². The van der Waals surface area contributed by atoms with Crippen molar-refractivity contribution in [2.24, 2.45) is 5.73 Å². The molecule has 0 aromatic heterocycles. The minimum Gasteiger partial charge on any atom is -0.366 e. The Hall–Kier alpha value is -1.57. The van der Waals surface area contributed by atoms with Crippen LogP contribution in [-0.2, 0) is 11.2 Å². The normalized spacial score (nSPS) is 11.6. The van der Waals surface area contributed by atoms with Gasteiger partial charge in [0.1, 0.15) is 0 Å². The standard InChI is InChI=1S/C18H27NO/c1-2-3-14-17(18(19)20)15-10-5-4-7-11-16-12-8-6-9-13-16/h6,8-9,12-13,15H,2-5,7,10-11,14H2,1H3,(H2,19,20). The van der Waals surface area contributed by atoms with Crippen molar-refractivity contribution in [1.82, 2.24) is 0 Å². The largest absolute Gasteiger partial charge is 0.366 e. The summed E-state index contributed by atoms with van der Waals surface area (Å²) in [7, 11) is 0. The molecule has 0 saturated carbocycles. The molecule has 0 spiro atoms. The predicted molar refractivity (Wildman–Crippen MR) is 85.4 cm³/mol. The fourth-order valence-corrected chi connectivity index (χ4v) is 2.26. The molecule has 1 rings (SSSR count). The third-order valence-electron chi connectivity index (χ3n) is 3.52. The highest BCUT2D eigenvalue weighted by molar-refractivity contribution is 5.91. The van der Waals surface area contributed by atoms with Crippen LogP contribution < -0.4 is 5.73 Å². The van der Waals surface area contributed by atoms with Crippen LogP contribution in [0.3, 0.4) is 0 Å². The zero-order chi connectivity index (χ0) is 14.6. The summed E-state index contributed by atoms with van der Waals surface area (Å²) in [5.41, 5.74) is 7.61. The highest BCUT2D eigenvalue weighted by atomic mass is 16.1. The molecule has 1 aromatic carbocycles. The SMILES string of the molecule is CCCCC(=CCCCCCc1ccccc1)C(N)=O. The summed E-state index contributed by atoms with van der Waals surface area (Å²) in [6, 6.07) is 10.6. The van der Waals surface area contributed by atoms with E-state index in [1.165, 1.54) is 18.4 Å². The Morgan fingerprint density at radius 3 is 2.50 bits per heavy atom. The van der Waals surface area contributed by atoms with Gasteiger partial charge in [0.15, 0.2) is 0 Å². The molecule has 0 radical (unpaired) electrons. The summed E-state index contributed by atoms with van der Waals surface area (Å²) >= 11 is 0. The second-order valence-corrected chi connectivity index (χ2v) is 5.28. The molecule has 0 aliphatic heterocycles. The molecule has 0 atom stereocenters. The first-order valence-corrected chi connectivity index (χ1v) is 7.76. The maximum Gasteiger partial charge on any atom is 0.244 e. The molecule has 2 nitrogen and oxygen atoms in total. The Balaban J connectivity index is 2.17. The number of nitrogens with two attached hydrogens (primary N) is 1. The van der Waals surface area contributed by atoms with Crippen LogP contribution in [0.15, 0.2) is 42.0 Å². The van der Waals surface area contributed by atoms with Crippen LogP contribution in [0.5, 0.6) is 0 Å². The topological polar surface area (TPSA) is 43.1 Å². The van der Waals surface area contributed by atoms with Crippen LogP contribution in [0, 0.1) is 0 Å². The first-order valence-electron chi connectivity index (χ1n) is 7.76. The van der Waals surface area contributed by atoms with Crippen molar-refractivity contribution in [3.8, 4) is 0 Å². The Morgan fingerprint density at radius 2 is 1.85 bits per heavy atom. The fraction of sp³-hybridized carbons (Fsp3) is 0.500. The van der Waals surface area contributed by atoms with E-state index in [1.807, 2.05) is 6.08 Å². The second-order valence-electron chi connectivity index (χ2n) is 5.28. The number of carbonyl (C=O) groups is 1. The number of rotatable bonds is 10. The van der Waals surface area contributed by atoms with Crippen molar-refractivity contribution in [2.45, 2.75) is 58.3 Å². The molecule has 0 heterocycles. The summed E-state index contributed by atoms with van der Waals surface area (Å²) in [6.07, 6.45) is 10.7. The van der Waals surface area contributed by atoms with Crippen molar-refractivity contribution >= 4 is 5.91 Å². The van der Waals surface area contributed by atoms with E-state index < -0.39 is 0 Å². The van der Waals surface area contributed by atoms with Crippen molar-refractivity contribution in [1.29, 1.82) is 0 Å². The molecule has 0 aliphatic rings. The number of carbonyl (C=O) groups excluding carboxylic acids is 1. The molecule has 0 aliphatic carbocycles. The van der Waals surface area contributed by atoms with Gasteiger partial charge in [-0.25, -0.2) is 0 Å². The lowest BCUT2D eigenvalue weighted by Crippen LogP contribution is -2.13. The van der Waals surface area contributed by atoms with Crippen molar-refractivity contribution in [3.63, 3.8) is 0 Å². The van der Waals surface area contributed by atoms with E-state index in [1.54, 1.807) is 0 Å². The summed E-state index contributed by atoms with van der Waals surface area (Å²) in [5.74, 6) is -0.247. The van der Waals surface area contributed by atoms with Gasteiger partial charge in [0.05, 0.1) is 0 Å². The lowest BCUT2D eigenvalue weighted by molar-refractivity contribution is -0.114. The van der Waals surface area contributed by atoms with Crippen LogP contribution in [-0.4, -0.2) is 5.91 Å². The molecule has 1 amide bonds. The molecule has 2 N–H and O–H groups in total. The molecule has 0 unspecified atom stereocenters. The number of hydrogen-bond acceptors (Lipinski definition) is 1.